The molecule has 7 nitrogen and oxygen atoms in total. The van der Waals surface area contributed by atoms with Crippen LogP contribution in [-0.4, -0.2) is 43.2 Å². The van der Waals surface area contributed by atoms with E-state index in [0.717, 1.165) is 47.8 Å². The van der Waals surface area contributed by atoms with Gasteiger partial charge in [-0.1, -0.05) is 0 Å². The predicted octanol–water partition coefficient (Wildman–Crippen LogP) is 3.20. The molecule has 2 atom stereocenters. The van der Waals surface area contributed by atoms with Gasteiger partial charge in [0.2, 0.25) is 11.9 Å². The number of ether oxygens (including phenoxy) is 2. The largest absolute Gasteiger partial charge is 0.497 e. The predicted molar refractivity (Wildman–Crippen MR) is 113 cm³/mol. The Labute approximate surface area is 172 Å². The van der Waals surface area contributed by atoms with Crippen molar-refractivity contribution in [1.82, 2.24) is 15.3 Å². The Morgan fingerprint density at radius 2 is 1.90 bits per heavy atom. The SMILES string of the molecule is COc1ccc(OC)c([C@H](C)NC(=O)[C@H]2CCCN(c3nc(C)cc(C)n3)C2)c1. The molecular weight excluding hydrogens is 368 g/mol. The summed E-state index contributed by atoms with van der Waals surface area (Å²) in [6, 6.07) is 7.37. The van der Waals surface area contributed by atoms with Crippen molar-refractivity contribution >= 4 is 11.9 Å². The van der Waals surface area contributed by atoms with Crippen molar-refractivity contribution in [3.8, 4) is 11.5 Å². The first-order valence-corrected chi connectivity index (χ1v) is 10.0. The summed E-state index contributed by atoms with van der Waals surface area (Å²) in [7, 11) is 3.25. The third-order valence-corrected chi connectivity index (χ3v) is 5.31. The quantitative estimate of drug-likeness (QED) is 0.805. The van der Waals surface area contributed by atoms with E-state index in [0.29, 0.717) is 12.5 Å². The van der Waals surface area contributed by atoms with E-state index in [1.165, 1.54) is 0 Å². The van der Waals surface area contributed by atoms with E-state index < -0.39 is 0 Å². The molecule has 1 saturated heterocycles. The van der Waals surface area contributed by atoms with Crippen molar-refractivity contribution in [1.29, 1.82) is 0 Å². The van der Waals surface area contributed by atoms with Crippen LogP contribution in [0.2, 0.25) is 0 Å². The molecule has 3 rings (SSSR count). The lowest BCUT2D eigenvalue weighted by Crippen LogP contribution is -2.44. The molecule has 0 aliphatic carbocycles. The number of aryl methyl sites for hydroxylation is 2. The number of nitrogens with zero attached hydrogens (tertiary/aromatic N) is 3. The molecule has 1 amide bonds. The average Bonchev–Trinajstić information content (AvgIpc) is 2.72. The van der Waals surface area contributed by atoms with Gasteiger partial charge in [-0.3, -0.25) is 4.79 Å². The molecule has 0 bridgehead atoms. The summed E-state index contributed by atoms with van der Waals surface area (Å²) in [4.78, 5) is 24.2. The normalized spacial score (nSPS) is 17.6. The van der Waals surface area contributed by atoms with E-state index in [1.54, 1.807) is 14.2 Å². The second-order valence-electron chi connectivity index (χ2n) is 7.57. The fourth-order valence-electron chi connectivity index (χ4n) is 3.81. The molecule has 0 spiro atoms. The van der Waals surface area contributed by atoms with Gasteiger partial charge in [0.25, 0.3) is 0 Å². The molecule has 1 aliphatic heterocycles. The Morgan fingerprint density at radius 3 is 2.55 bits per heavy atom. The van der Waals surface area contributed by atoms with Crippen molar-refractivity contribution in [2.75, 3.05) is 32.2 Å². The molecule has 0 unspecified atom stereocenters. The van der Waals surface area contributed by atoms with E-state index in [1.807, 2.05) is 45.0 Å². The first kappa shape index (κ1) is 20.9. The van der Waals surface area contributed by atoms with Gasteiger partial charge in [-0.15, -0.1) is 0 Å². The van der Waals surface area contributed by atoms with Gasteiger partial charge in [0.15, 0.2) is 0 Å². The van der Waals surface area contributed by atoms with Crippen LogP contribution < -0.4 is 19.7 Å². The second-order valence-corrected chi connectivity index (χ2v) is 7.57. The monoisotopic (exact) mass is 398 g/mol. The van der Waals surface area contributed by atoms with Crippen LogP contribution in [0.4, 0.5) is 5.95 Å². The number of hydrogen-bond donors (Lipinski definition) is 1. The van der Waals surface area contributed by atoms with Crippen molar-refractivity contribution < 1.29 is 14.3 Å². The number of aromatic nitrogens is 2. The van der Waals surface area contributed by atoms with E-state index in [2.05, 4.69) is 20.2 Å². The van der Waals surface area contributed by atoms with Crippen LogP contribution in [0.1, 0.15) is 42.8 Å². The summed E-state index contributed by atoms with van der Waals surface area (Å²) < 4.78 is 10.8. The van der Waals surface area contributed by atoms with Crippen LogP contribution in [0.5, 0.6) is 11.5 Å². The first-order chi connectivity index (χ1) is 13.9. The molecule has 0 saturated carbocycles. The Hall–Kier alpha value is -2.83. The number of carbonyl (C=O) groups is 1. The number of carbonyl (C=O) groups excluding carboxylic acids is 1. The number of amides is 1. The Kier molecular flexibility index (Phi) is 6.56. The summed E-state index contributed by atoms with van der Waals surface area (Å²) in [6.07, 6.45) is 1.79. The van der Waals surface area contributed by atoms with Gasteiger partial charge in [-0.2, -0.15) is 0 Å². The Morgan fingerprint density at radius 1 is 1.17 bits per heavy atom. The molecular formula is C22H30N4O3. The number of benzene rings is 1. The third-order valence-electron chi connectivity index (χ3n) is 5.31. The number of hydrogen-bond acceptors (Lipinski definition) is 6. The van der Waals surface area contributed by atoms with Crippen LogP contribution in [0.25, 0.3) is 0 Å². The van der Waals surface area contributed by atoms with Gasteiger partial charge in [0.05, 0.1) is 26.2 Å². The highest BCUT2D eigenvalue weighted by molar-refractivity contribution is 5.80. The van der Waals surface area contributed by atoms with Crippen LogP contribution in [0, 0.1) is 19.8 Å². The Bertz CT molecular complexity index is 851. The van der Waals surface area contributed by atoms with Gasteiger partial charge in [0.1, 0.15) is 11.5 Å². The van der Waals surface area contributed by atoms with E-state index >= 15 is 0 Å². The maximum Gasteiger partial charge on any atom is 0.225 e. The first-order valence-electron chi connectivity index (χ1n) is 10.0. The van der Waals surface area contributed by atoms with E-state index in [4.69, 9.17) is 9.47 Å². The van der Waals surface area contributed by atoms with Gasteiger partial charge >= 0.3 is 0 Å². The van der Waals surface area contributed by atoms with Crippen molar-refractivity contribution in [3.63, 3.8) is 0 Å². The average molecular weight is 399 g/mol. The molecule has 1 fully saturated rings. The zero-order chi connectivity index (χ0) is 21.0. The van der Waals surface area contributed by atoms with Gasteiger partial charge in [-0.25, -0.2) is 9.97 Å². The highest BCUT2D eigenvalue weighted by Crippen LogP contribution is 2.30. The van der Waals surface area contributed by atoms with Gasteiger partial charge in [0, 0.05) is 30.0 Å². The summed E-state index contributed by atoms with van der Waals surface area (Å²) in [5.74, 6) is 2.11. The summed E-state index contributed by atoms with van der Waals surface area (Å²) in [6.45, 7) is 7.39. The minimum atomic E-state index is -0.194. The molecule has 2 aromatic rings. The van der Waals surface area contributed by atoms with Crippen molar-refractivity contribution in [3.05, 3.63) is 41.2 Å². The molecule has 156 valence electrons. The maximum absolute atomic E-state index is 13.0. The molecule has 1 aromatic carbocycles. The topological polar surface area (TPSA) is 76.6 Å². The zero-order valence-corrected chi connectivity index (χ0v) is 17.9. The molecule has 1 aliphatic rings. The molecule has 0 radical (unpaired) electrons. The van der Waals surface area contributed by atoms with Crippen LogP contribution in [0.15, 0.2) is 24.3 Å². The van der Waals surface area contributed by atoms with E-state index in [-0.39, 0.29) is 17.9 Å². The van der Waals surface area contributed by atoms with Gasteiger partial charge < -0.3 is 19.7 Å². The van der Waals surface area contributed by atoms with Crippen LogP contribution >= 0.6 is 0 Å². The zero-order valence-electron chi connectivity index (χ0n) is 17.9. The molecule has 7 heteroatoms. The van der Waals surface area contributed by atoms with Crippen LogP contribution in [-0.2, 0) is 4.79 Å². The van der Waals surface area contributed by atoms with Crippen LogP contribution in [0.3, 0.4) is 0 Å². The fraction of sp³-hybridized carbons (Fsp3) is 0.500. The maximum atomic E-state index is 13.0. The minimum Gasteiger partial charge on any atom is -0.497 e. The lowest BCUT2D eigenvalue weighted by atomic mass is 9.96. The molecule has 1 N–H and O–H groups in total. The Balaban J connectivity index is 1.70. The number of rotatable bonds is 6. The molecule has 29 heavy (non-hydrogen) atoms. The molecule has 2 heterocycles. The van der Waals surface area contributed by atoms with Crippen molar-refractivity contribution in [2.24, 2.45) is 5.92 Å². The second kappa shape index (κ2) is 9.11. The summed E-state index contributed by atoms with van der Waals surface area (Å²) in [5.41, 5.74) is 2.78. The van der Waals surface area contributed by atoms with Crippen molar-refractivity contribution in [2.45, 2.75) is 39.7 Å². The standard InChI is InChI=1S/C22H30N4O3/c1-14-11-15(2)24-22(23-14)26-10-6-7-17(13-26)21(27)25-16(3)19-12-18(28-4)8-9-20(19)29-5/h8-9,11-12,16-17H,6-7,10,13H2,1-5H3,(H,25,27)/t16-,17-/m0/s1. The summed E-state index contributed by atoms with van der Waals surface area (Å²) in [5, 5.41) is 3.14. The fourth-order valence-corrected chi connectivity index (χ4v) is 3.81. The minimum absolute atomic E-state index is 0.0384. The number of piperidine rings is 1. The summed E-state index contributed by atoms with van der Waals surface area (Å²) >= 11 is 0. The highest BCUT2D eigenvalue weighted by Gasteiger charge is 2.28. The van der Waals surface area contributed by atoms with E-state index in [9.17, 15) is 4.79 Å². The third kappa shape index (κ3) is 4.96. The highest BCUT2D eigenvalue weighted by atomic mass is 16.5. The number of nitrogens with one attached hydrogen (secondary N) is 1. The lowest BCUT2D eigenvalue weighted by molar-refractivity contribution is -0.125. The number of methoxy groups -OCH3 is 2. The number of anilines is 1. The molecule has 1 aromatic heterocycles. The lowest BCUT2D eigenvalue weighted by Gasteiger charge is -2.33. The smallest absolute Gasteiger partial charge is 0.225 e. The van der Waals surface area contributed by atoms with Gasteiger partial charge in [-0.05, 0) is 57.9 Å².